The highest BCUT2D eigenvalue weighted by Gasteiger charge is 2.27. The molecule has 0 unspecified atom stereocenters. The van der Waals surface area contributed by atoms with Gasteiger partial charge in [0.2, 0.25) is 0 Å². The highest BCUT2D eigenvalue weighted by Crippen LogP contribution is 2.23. The average molecular weight is 328 g/mol. The predicted molar refractivity (Wildman–Crippen MR) is 88.2 cm³/mol. The number of fused-ring (bicyclic) bond motifs is 1. The summed E-state index contributed by atoms with van der Waals surface area (Å²) in [5, 5.41) is 10.2. The van der Waals surface area contributed by atoms with Gasteiger partial charge in [0.15, 0.2) is 11.5 Å². The smallest absolute Gasteiger partial charge is 0.290 e. The molecule has 4 rings (SSSR count). The zero-order chi connectivity index (χ0) is 16.5. The Hall–Kier alpha value is -2.64. The van der Waals surface area contributed by atoms with E-state index >= 15 is 0 Å². The van der Waals surface area contributed by atoms with E-state index in [4.69, 9.17) is 0 Å². The summed E-state index contributed by atoms with van der Waals surface area (Å²) >= 11 is 0. The number of anilines is 1. The Balaban J connectivity index is 1.46. The quantitative estimate of drug-likeness (QED) is 0.755. The van der Waals surface area contributed by atoms with Gasteiger partial charge in [-0.25, -0.2) is 4.98 Å². The monoisotopic (exact) mass is 328 g/mol. The van der Waals surface area contributed by atoms with Gasteiger partial charge in [0, 0.05) is 42.8 Å². The lowest BCUT2D eigenvalue weighted by Gasteiger charge is -2.33. The Morgan fingerprint density at radius 2 is 2.25 bits per heavy atom. The molecule has 1 amide bonds. The number of carbonyl (C=O) groups excluding carboxylic acids is 1. The molecule has 1 fully saturated rings. The van der Waals surface area contributed by atoms with E-state index in [1.54, 1.807) is 6.20 Å². The number of carbonyl (C=O) groups is 1. The summed E-state index contributed by atoms with van der Waals surface area (Å²) in [4.78, 5) is 33.2. The molecule has 2 aromatic heterocycles. The molecule has 2 aliphatic rings. The number of aromatic amines is 2. The lowest BCUT2D eigenvalue weighted by atomic mass is 10.1. The third kappa shape index (κ3) is 2.68. The highest BCUT2D eigenvalue weighted by molar-refractivity contribution is 5.94. The van der Waals surface area contributed by atoms with Gasteiger partial charge in [0.05, 0.1) is 0 Å². The summed E-state index contributed by atoms with van der Waals surface area (Å²) in [5.74, 6) is 0.285. The number of hydrogen-bond acceptors (Lipinski definition) is 5. The van der Waals surface area contributed by atoms with Crippen LogP contribution in [0.4, 0.5) is 5.82 Å². The number of amides is 1. The first-order chi connectivity index (χ1) is 11.7. The molecule has 1 saturated heterocycles. The molecular formula is C16H20N6O2. The Labute approximate surface area is 138 Å². The molecular weight excluding hydrogens is 308 g/mol. The van der Waals surface area contributed by atoms with Gasteiger partial charge in [0.25, 0.3) is 11.5 Å². The molecule has 3 heterocycles. The molecule has 0 radical (unpaired) electrons. The van der Waals surface area contributed by atoms with Crippen molar-refractivity contribution in [3.8, 4) is 0 Å². The molecule has 1 aliphatic heterocycles. The van der Waals surface area contributed by atoms with Gasteiger partial charge in [-0.3, -0.25) is 14.7 Å². The zero-order valence-corrected chi connectivity index (χ0v) is 13.3. The summed E-state index contributed by atoms with van der Waals surface area (Å²) in [6, 6.07) is -0.0126. The fourth-order valence-corrected chi connectivity index (χ4v) is 3.62. The third-order valence-electron chi connectivity index (χ3n) is 4.77. The largest absolute Gasteiger partial charge is 0.350 e. The van der Waals surface area contributed by atoms with E-state index in [-0.39, 0.29) is 17.5 Å². The van der Waals surface area contributed by atoms with Crippen molar-refractivity contribution in [2.75, 3.05) is 18.0 Å². The van der Waals surface area contributed by atoms with Gasteiger partial charge in [-0.05, 0) is 32.1 Å². The minimum atomic E-state index is -0.199. The lowest BCUT2D eigenvalue weighted by molar-refractivity contribution is 0.0927. The number of aryl methyl sites for hydroxylation is 1. The fourth-order valence-electron chi connectivity index (χ4n) is 3.62. The van der Waals surface area contributed by atoms with Crippen LogP contribution in [-0.2, 0) is 12.8 Å². The highest BCUT2D eigenvalue weighted by atomic mass is 16.2. The van der Waals surface area contributed by atoms with Crippen LogP contribution in [0, 0.1) is 0 Å². The SMILES string of the molecule is O=C(N[C@@H]1CCCN(c2ncc[nH]c2=O)C1)c1n[nH]c2c1CCC2. The van der Waals surface area contributed by atoms with Crippen LogP contribution in [0.2, 0.25) is 0 Å². The Morgan fingerprint density at radius 3 is 3.12 bits per heavy atom. The summed E-state index contributed by atoms with van der Waals surface area (Å²) in [6.07, 6.45) is 7.84. The van der Waals surface area contributed by atoms with Gasteiger partial charge in [-0.2, -0.15) is 5.10 Å². The van der Waals surface area contributed by atoms with Gasteiger partial charge in [-0.1, -0.05) is 0 Å². The van der Waals surface area contributed by atoms with Crippen molar-refractivity contribution in [1.82, 2.24) is 25.5 Å². The lowest BCUT2D eigenvalue weighted by Crippen LogP contribution is -2.49. The first-order valence-electron chi connectivity index (χ1n) is 8.38. The first kappa shape index (κ1) is 14.9. The second-order valence-electron chi connectivity index (χ2n) is 6.38. The van der Waals surface area contributed by atoms with E-state index in [2.05, 4.69) is 25.5 Å². The Morgan fingerprint density at radius 1 is 1.33 bits per heavy atom. The van der Waals surface area contributed by atoms with E-state index in [0.717, 1.165) is 49.9 Å². The topological polar surface area (TPSA) is 107 Å². The van der Waals surface area contributed by atoms with Crippen LogP contribution in [0.15, 0.2) is 17.2 Å². The Kier molecular flexibility index (Phi) is 3.79. The molecule has 8 heteroatoms. The number of aromatic nitrogens is 4. The van der Waals surface area contributed by atoms with E-state index in [0.29, 0.717) is 18.1 Å². The number of nitrogens with zero attached hydrogens (tertiary/aromatic N) is 3. The van der Waals surface area contributed by atoms with Crippen LogP contribution in [0.3, 0.4) is 0 Å². The van der Waals surface area contributed by atoms with Crippen molar-refractivity contribution in [3.05, 3.63) is 39.7 Å². The van der Waals surface area contributed by atoms with Crippen LogP contribution >= 0.6 is 0 Å². The number of H-pyrrole nitrogens is 2. The maximum Gasteiger partial charge on any atom is 0.290 e. The minimum Gasteiger partial charge on any atom is -0.350 e. The standard InChI is InChI=1S/C16H20N6O2/c23-15(13-11-4-1-5-12(11)20-21-13)19-10-3-2-8-22(9-10)14-16(24)18-7-6-17-14/h6-7,10H,1-5,8-9H2,(H,18,24)(H,19,23)(H,20,21)/t10-/m1/s1. The minimum absolute atomic E-state index is 0.0126. The average Bonchev–Trinajstić information content (AvgIpc) is 3.18. The first-order valence-corrected chi connectivity index (χ1v) is 8.38. The van der Waals surface area contributed by atoms with E-state index in [1.165, 1.54) is 6.20 Å². The van der Waals surface area contributed by atoms with E-state index in [1.807, 2.05) is 4.90 Å². The van der Waals surface area contributed by atoms with Gasteiger partial charge in [0.1, 0.15) is 0 Å². The summed E-state index contributed by atoms with van der Waals surface area (Å²) in [6.45, 7) is 1.35. The van der Waals surface area contributed by atoms with Crippen molar-refractivity contribution >= 4 is 11.7 Å². The fraction of sp³-hybridized carbons (Fsp3) is 0.500. The summed E-state index contributed by atoms with van der Waals surface area (Å²) < 4.78 is 0. The number of piperidine rings is 1. The van der Waals surface area contributed by atoms with E-state index in [9.17, 15) is 9.59 Å². The van der Waals surface area contributed by atoms with Gasteiger partial charge in [-0.15, -0.1) is 0 Å². The number of hydrogen-bond donors (Lipinski definition) is 3. The van der Waals surface area contributed by atoms with Crippen molar-refractivity contribution in [2.24, 2.45) is 0 Å². The molecule has 1 atom stereocenters. The molecule has 3 N–H and O–H groups in total. The molecule has 8 nitrogen and oxygen atoms in total. The molecule has 126 valence electrons. The van der Waals surface area contributed by atoms with Crippen LogP contribution in [0.25, 0.3) is 0 Å². The van der Waals surface area contributed by atoms with Gasteiger partial charge < -0.3 is 15.2 Å². The molecule has 24 heavy (non-hydrogen) atoms. The molecule has 0 aromatic carbocycles. The molecule has 0 bridgehead atoms. The number of rotatable bonds is 3. The maximum absolute atomic E-state index is 12.5. The van der Waals surface area contributed by atoms with Crippen molar-refractivity contribution in [2.45, 2.75) is 38.1 Å². The van der Waals surface area contributed by atoms with Crippen molar-refractivity contribution in [3.63, 3.8) is 0 Å². The molecule has 0 saturated carbocycles. The second kappa shape index (κ2) is 6.10. The molecule has 2 aromatic rings. The normalized spacial score (nSPS) is 20.0. The second-order valence-corrected chi connectivity index (χ2v) is 6.38. The number of nitrogens with one attached hydrogen (secondary N) is 3. The maximum atomic E-state index is 12.5. The summed E-state index contributed by atoms with van der Waals surface area (Å²) in [7, 11) is 0. The van der Waals surface area contributed by atoms with Crippen molar-refractivity contribution in [1.29, 1.82) is 0 Å². The van der Waals surface area contributed by atoms with Crippen LogP contribution in [0.1, 0.15) is 41.0 Å². The summed E-state index contributed by atoms with van der Waals surface area (Å²) in [5.41, 5.74) is 2.47. The predicted octanol–water partition coefficient (Wildman–Crippen LogP) is 0.380. The third-order valence-corrected chi connectivity index (χ3v) is 4.77. The molecule has 1 aliphatic carbocycles. The van der Waals surface area contributed by atoms with Crippen molar-refractivity contribution < 1.29 is 4.79 Å². The molecule has 0 spiro atoms. The van der Waals surface area contributed by atoms with Crippen LogP contribution in [0.5, 0.6) is 0 Å². The van der Waals surface area contributed by atoms with E-state index < -0.39 is 0 Å². The Bertz CT molecular complexity index is 811. The zero-order valence-electron chi connectivity index (χ0n) is 13.3. The van der Waals surface area contributed by atoms with Crippen LogP contribution in [-0.4, -0.2) is 45.2 Å². The van der Waals surface area contributed by atoms with Crippen LogP contribution < -0.4 is 15.8 Å². The van der Waals surface area contributed by atoms with Gasteiger partial charge >= 0.3 is 0 Å².